The van der Waals surface area contributed by atoms with E-state index in [2.05, 4.69) is 0 Å². The van der Waals surface area contributed by atoms with Crippen molar-refractivity contribution in [2.24, 2.45) is 0 Å². The zero-order valence-electron chi connectivity index (χ0n) is 10.2. The topological polar surface area (TPSA) is 46.6 Å². The van der Waals surface area contributed by atoms with Crippen molar-refractivity contribution in [2.45, 2.75) is 23.7 Å². The molecule has 1 heterocycles. The van der Waals surface area contributed by atoms with Crippen molar-refractivity contribution >= 4 is 21.6 Å². The number of halogens is 1. The Hall–Kier alpha value is -0.620. The second-order valence-electron chi connectivity index (χ2n) is 4.28. The Morgan fingerprint density at radius 2 is 2.17 bits per heavy atom. The van der Waals surface area contributed by atoms with Gasteiger partial charge in [0.2, 0.25) is 10.0 Å². The van der Waals surface area contributed by atoms with Gasteiger partial charge in [-0.2, -0.15) is 4.31 Å². The summed E-state index contributed by atoms with van der Waals surface area (Å²) in [4.78, 5) is 0.300. The van der Waals surface area contributed by atoms with Gasteiger partial charge >= 0.3 is 0 Å². The average molecular weight is 290 g/mol. The number of alkyl halides is 1. The molecule has 1 aromatic carbocycles. The summed E-state index contributed by atoms with van der Waals surface area (Å²) >= 11 is 5.81. The highest BCUT2D eigenvalue weighted by Crippen LogP contribution is 2.24. The summed E-state index contributed by atoms with van der Waals surface area (Å²) in [5, 5.41) is 0. The zero-order valence-corrected chi connectivity index (χ0v) is 11.7. The van der Waals surface area contributed by atoms with Crippen LogP contribution in [0.3, 0.4) is 0 Å². The van der Waals surface area contributed by atoms with E-state index in [9.17, 15) is 8.42 Å². The first-order valence-electron chi connectivity index (χ1n) is 5.81. The SMILES string of the molecule is CC1COCCN1S(=O)(=O)c1ccccc1CCl. The van der Waals surface area contributed by atoms with E-state index in [1.165, 1.54) is 4.31 Å². The summed E-state index contributed by atoms with van der Waals surface area (Å²) in [5.41, 5.74) is 0.637. The van der Waals surface area contributed by atoms with Crippen LogP contribution in [0.15, 0.2) is 29.2 Å². The normalized spacial score (nSPS) is 22.0. The second-order valence-corrected chi connectivity index (χ2v) is 6.41. The van der Waals surface area contributed by atoms with E-state index < -0.39 is 10.0 Å². The highest BCUT2D eigenvalue weighted by atomic mass is 35.5. The van der Waals surface area contributed by atoms with Crippen molar-refractivity contribution in [3.8, 4) is 0 Å². The number of hydrogen-bond acceptors (Lipinski definition) is 3. The minimum absolute atomic E-state index is 0.146. The van der Waals surface area contributed by atoms with Crippen molar-refractivity contribution < 1.29 is 13.2 Å². The van der Waals surface area contributed by atoms with Gasteiger partial charge < -0.3 is 4.74 Å². The van der Waals surface area contributed by atoms with Crippen molar-refractivity contribution in [1.82, 2.24) is 4.31 Å². The molecule has 1 atom stereocenters. The standard InChI is InChI=1S/C12H16ClNO3S/c1-10-9-17-7-6-14(10)18(15,16)12-5-3-2-4-11(12)8-13/h2-5,10H,6-9H2,1H3. The van der Waals surface area contributed by atoms with Crippen LogP contribution in [0, 0.1) is 0 Å². The molecule has 1 aliphatic rings. The molecule has 2 rings (SSSR count). The molecule has 0 amide bonds. The van der Waals surface area contributed by atoms with Crippen LogP contribution in [-0.4, -0.2) is 38.5 Å². The zero-order chi connectivity index (χ0) is 13.2. The van der Waals surface area contributed by atoms with Crippen molar-refractivity contribution in [2.75, 3.05) is 19.8 Å². The quantitative estimate of drug-likeness (QED) is 0.798. The van der Waals surface area contributed by atoms with Crippen LogP contribution < -0.4 is 0 Å². The Balaban J connectivity index is 2.41. The lowest BCUT2D eigenvalue weighted by Crippen LogP contribution is -2.47. The molecule has 4 nitrogen and oxygen atoms in total. The molecule has 0 radical (unpaired) electrons. The minimum atomic E-state index is -3.49. The van der Waals surface area contributed by atoms with E-state index in [1.807, 2.05) is 6.92 Å². The summed E-state index contributed by atoms with van der Waals surface area (Å²) in [5.74, 6) is 0.189. The Labute approximate surface area is 113 Å². The molecular weight excluding hydrogens is 274 g/mol. The van der Waals surface area contributed by atoms with Gasteiger partial charge in [-0.15, -0.1) is 11.6 Å². The van der Waals surface area contributed by atoms with Crippen LogP contribution in [0.4, 0.5) is 0 Å². The van der Waals surface area contributed by atoms with Gasteiger partial charge in [-0.1, -0.05) is 18.2 Å². The average Bonchev–Trinajstić information content (AvgIpc) is 2.39. The molecule has 18 heavy (non-hydrogen) atoms. The van der Waals surface area contributed by atoms with Gasteiger partial charge in [0.25, 0.3) is 0 Å². The fourth-order valence-corrected chi connectivity index (χ4v) is 4.20. The maximum atomic E-state index is 12.6. The third kappa shape index (κ3) is 2.54. The number of rotatable bonds is 3. The largest absolute Gasteiger partial charge is 0.378 e. The Morgan fingerprint density at radius 1 is 1.44 bits per heavy atom. The summed E-state index contributed by atoms with van der Waals surface area (Å²) in [6.45, 7) is 3.11. The van der Waals surface area contributed by atoms with Crippen LogP contribution in [-0.2, 0) is 20.6 Å². The highest BCUT2D eigenvalue weighted by Gasteiger charge is 2.32. The van der Waals surface area contributed by atoms with E-state index >= 15 is 0 Å². The lowest BCUT2D eigenvalue weighted by Gasteiger charge is -2.32. The second kappa shape index (κ2) is 5.57. The first-order valence-corrected chi connectivity index (χ1v) is 7.78. The van der Waals surface area contributed by atoms with Gasteiger partial charge in [0.1, 0.15) is 0 Å². The lowest BCUT2D eigenvalue weighted by molar-refractivity contribution is 0.0392. The molecule has 100 valence electrons. The van der Waals surface area contributed by atoms with E-state index in [4.69, 9.17) is 16.3 Å². The van der Waals surface area contributed by atoms with E-state index in [0.29, 0.717) is 30.2 Å². The number of nitrogens with zero attached hydrogens (tertiary/aromatic N) is 1. The Morgan fingerprint density at radius 3 is 2.83 bits per heavy atom. The van der Waals surface area contributed by atoms with Gasteiger partial charge in [-0.3, -0.25) is 0 Å². The summed E-state index contributed by atoms with van der Waals surface area (Å²) in [7, 11) is -3.49. The maximum absolute atomic E-state index is 12.6. The molecule has 0 N–H and O–H groups in total. The predicted octanol–water partition coefficient (Wildman–Crippen LogP) is 1.83. The van der Waals surface area contributed by atoms with E-state index in [-0.39, 0.29) is 11.9 Å². The van der Waals surface area contributed by atoms with Crippen molar-refractivity contribution in [1.29, 1.82) is 0 Å². The Kier molecular flexibility index (Phi) is 4.27. The predicted molar refractivity (Wildman–Crippen MR) is 70.2 cm³/mol. The number of morpholine rings is 1. The summed E-state index contributed by atoms with van der Waals surface area (Å²) in [6, 6.07) is 6.71. The molecular formula is C12H16ClNO3S. The molecule has 0 bridgehead atoms. The van der Waals surface area contributed by atoms with Crippen LogP contribution in [0.25, 0.3) is 0 Å². The van der Waals surface area contributed by atoms with Crippen LogP contribution in [0.2, 0.25) is 0 Å². The number of ether oxygens (including phenoxy) is 1. The molecule has 1 fully saturated rings. The minimum Gasteiger partial charge on any atom is -0.378 e. The number of sulfonamides is 1. The van der Waals surface area contributed by atoms with Gasteiger partial charge in [-0.05, 0) is 18.6 Å². The fraction of sp³-hybridized carbons (Fsp3) is 0.500. The molecule has 1 saturated heterocycles. The maximum Gasteiger partial charge on any atom is 0.243 e. The third-order valence-electron chi connectivity index (χ3n) is 3.01. The molecule has 1 aliphatic heterocycles. The smallest absolute Gasteiger partial charge is 0.243 e. The molecule has 0 aromatic heterocycles. The summed E-state index contributed by atoms with van der Waals surface area (Å²) in [6.07, 6.45) is 0. The van der Waals surface area contributed by atoms with Crippen molar-refractivity contribution in [3.05, 3.63) is 29.8 Å². The van der Waals surface area contributed by atoms with Crippen LogP contribution in [0.5, 0.6) is 0 Å². The first kappa shape index (κ1) is 13.8. The highest BCUT2D eigenvalue weighted by molar-refractivity contribution is 7.89. The molecule has 0 spiro atoms. The van der Waals surface area contributed by atoms with Crippen LogP contribution in [0.1, 0.15) is 12.5 Å². The molecule has 6 heteroatoms. The van der Waals surface area contributed by atoms with Gasteiger partial charge in [0, 0.05) is 18.5 Å². The lowest BCUT2D eigenvalue weighted by atomic mass is 10.2. The van der Waals surface area contributed by atoms with Gasteiger partial charge in [-0.25, -0.2) is 8.42 Å². The third-order valence-corrected chi connectivity index (χ3v) is 5.41. The number of benzene rings is 1. The van der Waals surface area contributed by atoms with Gasteiger partial charge in [0.15, 0.2) is 0 Å². The number of hydrogen-bond donors (Lipinski definition) is 0. The van der Waals surface area contributed by atoms with Crippen molar-refractivity contribution in [3.63, 3.8) is 0 Å². The monoisotopic (exact) mass is 289 g/mol. The summed E-state index contributed by atoms with van der Waals surface area (Å²) < 4.78 is 31.9. The molecule has 1 unspecified atom stereocenters. The van der Waals surface area contributed by atoms with E-state index in [0.717, 1.165) is 0 Å². The fourth-order valence-electron chi connectivity index (χ4n) is 2.06. The molecule has 0 aliphatic carbocycles. The van der Waals surface area contributed by atoms with Crippen LogP contribution >= 0.6 is 11.6 Å². The van der Waals surface area contributed by atoms with E-state index in [1.54, 1.807) is 24.3 Å². The molecule has 1 aromatic rings. The first-order chi connectivity index (χ1) is 8.57. The Bertz CT molecular complexity index is 518. The van der Waals surface area contributed by atoms with Gasteiger partial charge in [0.05, 0.1) is 18.1 Å². The molecule has 0 saturated carbocycles.